The van der Waals surface area contributed by atoms with Gasteiger partial charge in [0.25, 0.3) is 0 Å². The Morgan fingerprint density at radius 1 is 1.21 bits per heavy atom. The molecule has 1 aromatic heterocycles. The highest BCUT2D eigenvalue weighted by Gasteiger charge is 2.17. The number of aromatic nitrogens is 2. The predicted molar refractivity (Wildman–Crippen MR) is 78.2 cm³/mol. The topological polar surface area (TPSA) is 68.2 Å². The second kappa shape index (κ2) is 5.91. The SMILES string of the molecule is CCCCCN(c1ccc(N)c2nonc12)C(C)C. The highest BCUT2D eigenvalue weighted by molar-refractivity contribution is 5.95. The molecule has 5 heteroatoms. The van der Waals surface area contributed by atoms with Gasteiger partial charge in [0.2, 0.25) is 0 Å². The highest BCUT2D eigenvalue weighted by atomic mass is 16.6. The number of hydrogen-bond donors (Lipinski definition) is 1. The zero-order valence-corrected chi connectivity index (χ0v) is 11.9. The third-order valence-electron chi connectivity index (χ3n) is 3.36. The van der Waals surface area contributed by atoms with E-state index >= 15 is 0 Å². The summed E-state index contributed by atoms with van der Waals surface area (Å²) in [7, 11) is 0. The molecule has 2 N–H and O–H groups in total. The molecule has 5 nitrogen and oxygen atoms in total. The minimum absolute atomic E-state index is 0.403. The zero-order valence-electron chi connectivity index (χ0n) is 11.9. The molecule has 2 aromatic rings. The summed E-state index contributed by atoms with van der Waals surface area (Å²) in [4.78, 5) is 2.33. The summed E-state index contributed by atoms with van der Waals surface area (Å²) < 4.78 is 4.84. The summed E-state index contributed by atoms with van der Waals surface area (Å²) in [6, 6.07) is 4.28. The average molecular weight is 262 g/mol. The third-order valence-corrected chi connectivity index (χ3v) is 3.36. The number of fused-ring (bicyclic) bond motifs is 1. The van der Waals surface area contributed by atoms with Gasteiger partial charge < -0.3 is 10.6 Å². The molecule has 0 saturated carbocycles. The molecule has 2 rings (SSSR count). The first-order valence-electron chi connectivity index (χ1n) is 6.92. The smallest absolute Gasteiger partial charge is 0.160 e. The van der Waals surface area contributed by atoms with E-state index in [4.69, 9.17) is 10.4 Å². The van der Waals surface area contributed by atoms with Gasteiger partial charge in [-0.3, -0.25) is 0 Å². The second-order valence-electron chi connectivity index (χ2n) is 5.13. The Hall–Kier alpha value is -1.78. The van der Waals surface area contributed by atoms with E-state index < -0.39 is 0 Å². The molecule has 104 valence electrons. The lowest BCUT2D eigenvalue weighted by molar-refractivity contribution is 0.315. The summed E-state index contributed by atoms with van der Waals surface area (Å²) in [5.41, 5.74) is 8.95. The van der Waals surface area contributed by atoms with E-state index in [1.54, 1.807) is 0 Å². The van der Waals surface area contributed by atoms with Gasteiger partial charge in [0.05, 0.1) is 11.4 Å². The van der Waals surface area contributed by atoms with Crippen molar-refractivity contribution in [2.24, 2.45) is 0 Å². The van der Waals surface area contributed by atoms with Crippen LogP contribution in [0.25, 0.3) is 11.0 Å². The Balaban J connectivity index is 2.33. The molecular weight excluding hydrogens is 240 g/mol. The van der Waals surface area contributed by atoms with E-state index in [1.165, 1.54) is 19.3 Å². The minimum atomic E-state index is 0.403. The lowest BCUT2D eigenvalue weighted by Gasteiger charge is -2.29. The first-order valence-corrected chi connectivity index (χ1v) is 6.92. The molecule has 1 heterocycles. The maximum atomic E-state index is 5.89. The van der Waals surface area contributed by atoms with Gasteiger partial charge in [0, 0.05) is 12.6 Å². The Kier molecular flexibility index (Phi) is 4.24. The molecular formula is C14H22N4O. The van der Waals surface area contributed by atoms with Crippen molar-refractivity contribution in [1.82, 2.24) is 10.3 Å². The fourth-order valence-corrected chi connectivity index (χ4v) is 2.29. The van der Waals surface area contributed by atoms with Crippen LogP contribution in [0.3, 0.4) is 0 Å². The number of benzene rings is 1. The molecule has 0 aliphatic heterocycles. The molecule has 0 aliphatic rings. The Morgan fingerprint density at radius 3 is 2.63 bits per heavy atom. The standard InChI is InChI=1S/C14H22N4O/c1-4-5-6-9-18(10(2)3)12-8-7-11(15)13-14(12)17-19-16-13/h7-8,10H,4-6,9,15H2,1-3H3. The van der Waals surface area contributed by atoms with E-state index in [1.807, 2.05) is 12.1 Å². The summed E-state index contributed by atoms with van der Waals surface area (Å²) in [6.45, 7) is 7.59. The second-order valence-corrected chi connectivity index (χ2v) is 5.13. The number of hydrogen-bond acceptors (Lipinski definition) is 5. The average Bonchev–Trinajstić information content (AvgIpc) is 2.86. The molecule has 1 aromatic carbocycles. The predicted octanol–water partition coefficient (Wildman–Crippen LogP) is 3.21. The number of anilines is 2. The number of rotatable bonds is 6. The van der Waals surface area contributed by atoms with Crippen molar-refractivity contribution >= 4 is 22.4 Å². The van der Waals surface area contributed by atoms with Crippen molar-refractivity contribution in [2.45, 2.75) is 46.1 Å². The van der Waals surface area contributed by atoms with Gasteiger partial charge in [0.1, 0.15) is 0 Å². The summed E-state index contributed by atoms with van der Waals surface area (Å²) in [6.07, 6.45) is 3.62. The lowest BCUT2D eigenvalue weighted by atomic mass is 10.1. The number of unbranched alkanes of at least 4 members (excludes halogenated alkanes) is 2. The largest absolute Gasteiger partial charge is 0.397 e. The van der Waals surface area contributed by atoms with Crippen LogP contribution in [0.2, 0.25) is 0 Å². The Labute approximate surface area is 113 Å². The van der Waals surface area contributed by atoms with E-state index in [9.17, 15) is 0 Å². The monoisotopic (exact) mass is 262 g/mol. The molecule has 0 amide bonds. The minimum Gasteiger partial charge on any atom is -0.397 e. The third kappa shape index (κ3) is 2.80. The van der Waals surface area contributed by atoms with Crippen molar-refractivity contribution in [3.05, 3.63) is 12.1 Å². The van der Waals surface area contributed by atoms with Crippen LogP contribution in [0.15, 0.2) is 16.8 Å². The Morgan fingerprint density at radius 2 is 1.95 bits per heavy atom. The van der Waals surface area contributed by atoms with Gasteiger partial charge in [-0.2, -0.15) is 0 Å². The molecule has 0 aliphatic carbocycles. The van der Waals surface area contributed by atoms with Crippen LogP contribution in [-0.2, 0) is 0 Å². The van der Waals surface area contributed by atoms with E-state index in [-0.39, 0.29) is 0 Å². The highest BCUT2D eigenvalue weighted by Crippen LogP contribution is 2.29. The van der Waals surface area contributed by atoms with E-state index in [2.05, 4.69) is 36.0 Å². The molecule has 0 atom stereocenters. The fraction of sp³-hybridized carbons (Fsp3) is 0.571. The van der Waals surface area contributed by atoms with Crippen molar-refractivity contribution in [1.29, 1.82) is 0 Å². The summed E-state index contributed by atoms with van der Waals surface area (Å²) in [5, 5.41) is 7.88. The molecule has 0 spiro atoms. The van der Waals surface area contributed by atoms with Crippen molar-refractivity contribution in [2.75, 3.05) is 17.2 Å². The maximum absolute atomic E-state index is 5.89. The molecule has 0 radical (unpaired) electrons. The van der Waals surface area contributed by atoms with Crippen molar-refractivity contribution < 1.29 is 4.63 Å². The van der Waals surface area contributed by atoms with Gasteiger partial charge in [-0.05, 0) is 42.7 Å². The van der Waals surface area contributed by atoms with Crippen LogP contribution in [0.1, 0.15) is 40.0 Å². The molecule has 19 heavy (non-hydrogen) atoms. The van der Waals surface area contributed by atoms with Crippen LogP contribution in [-0.4, -0.2) is 22.9 Å². The molecule has 0 unspecified atom stereocenters. The quantitative estimate of drug-likeness (QED) is 0.639. The zero-order chi connectivity index (χ0) is 13.8. The number of nitrogens with two attached hydrogens (primary N) is 1. The van der Waals surface area contributed by atoms with Gasteiger partial charge in [0.15, 0.2) is 11.0 Å². The Bertz CT molecular complexity index is 535. The molecule has 0 saturated heterocycles. The van der Waals surface area contributed by atoms with Crippen molar-refractivity contribution in [3.63, 3.8) is 0 Å². The van der Waals surface area contributed by atoms with Crippen LogP contribution in [0, 0.1) is 0 Å². The first-order chi connectivity index (χ1) is 9.15. The van der Waals surface area contributed by atoms with Crippen LogP contribution in [0.4, 0.5) is 11.4 Å². The van der Waals surface area contributed by atoms with Crippen molar-refractivity contribution in [3.8, 4) is 0 Å². The van der Waals surface area contributed by atoms with E-state index in [0.717, 1.165) is 17.7 Å². The normalized spacial score (nSPS) is 11.4. The maximum Gasteiger partial charge on any atom is 0.160 e. The fourth-order valence-electron chi connectivity index (χ4n) is 2.29. The van der Waals surface area contributed by atoms with Gasteiger partial charge in [-0.1, -0.05) is 19.8 Å². The van der Waals surface area contributed by atoms with Crippen LogP contribution < -0.4 is 10.6 Å². The van der Waals surface area contributed by atoms with Gasteiger partial charge in [-0.15, -0.1) is 0 Å². The number of nitrogen functional groups attached to an aromatic ring is 1. The van der Waals surface area contributed by atoms with Crippen LogP contribution >= 0.6 is 0 Å². The summed E-state index contributed by atoms with van der Waals surface area (Å²) in [5.74, 6) is 0. The summed E-state index contributed by atoms with van der Waals surface area (Å²) >= 11 is 0. The first kappa shape index (κ1) is 13.6. The van der Waals surface area contributed by atoms with Gasteiger partial charge >= 0.3 is 0 Å². The van der Waals surface area contributed by atoms with Gasteiger partial charge in [-0.25, -0.2) is 4.63 Å². The van der Waals surface area contributed by atoms with Crippen LogP contribution in [0.5, 0.6) is 0 Å². The number of nitrogens with zero attached hydrogens (tertiary/aromatic N) is 3. The van der Waals surface area contributed by atoms with E-state index in [0.29, 0.717) is 17.2 Å². The molecule has 0 fully saturated rings. The lowest BCUT2D eigenvalue weighted by Crippen LogP contribution is -2.32. The molecule has 0 bridgehead atoms.